The van der Waals surface area contributed by atoms with Gasteiger partial charge in [-0.15, -0.1) is 0 Å². The van der Waals surface area contributed by atoms with Crippen LogP contribution in [-0.2, 0) is 7.05 Å². The summed E-state index contributed by atoms with van der Waals surface area (Å²) in [5.41, 5.74) is 1.31. The van der Waals surface area contributed by atoms with E-state index < -0.39 is 0 Å². The van der Waals surface area contributed by atoms with E-state index in [0.717, 1.165) is 0 Å². The molecule has 0 saturated heterocycles. The maximum Gasteiger partial charge on any atom is 0.259 e. The Morgan fingerprint density at radius 3 is 2.93 bits per heavy atom. The molecule has 0 aliphatic carbocycles. The van der Waals surface area contributed by atoms with Gasteiger partial charge in [0.2, 0.25) is 4.83 Å². The molecule has 2 aromatic heterocycles. The number of hydrogen-bond donors (Lipinski definition) is 0. The average molecular weight is 203 g/mol. The fourth-order valence-electron chi connectivity index (χ4n) is 1.84. The summed E-state index contributed by atoms with van der Waals surface area (Å²) in [7, 11) is 2.09. The molecule has 0 saturated carbocycles. The molecular weight excluding hydrogens is 192 g/mol. The van der Waals surface area contributed by atoms with Crippen LogP contribution in [0.25, 0.3) is 15.0 Å². The van der Waals surface area contributed by atoms with Crippen molar-refractivity contribution >= 4 is 26.4 Å². The molecule has 14 heavy (non-hydrogen) atoms. The summed E-state index contributed by atoms with van der Waals surface area (Å²) in [6.45, 7) is 2.14. The molecular formula is C11H11N2S+. The molecule has 0 atom stereocenters. The number of para-hydroxylation sites is 1. The van der Waals surface area contributed by atoms with Gasteiger partial charge in [0, 0.05) is 6.92 Å². The molecule has 0 amide bonds. The van der Waals surface area contributed by atoms with E-state index in [0.29, 0.717) is 0 Å². The number of hydrogen-bond acceptors (Lipinski definition) is 1. The lowest BCUT2D eigenvalue weighted by Gasteiger charge is -1.88. The van der Waals surface area contributed by atoms with E-state index in [2.05, 4.69) is 53.4 Å². The predicted octanol–water partition coefficient (Wildman–Crippen LogP) is 2.29. The molecule has 70 valence electrons. The summed E-state index contributed by atoms with van der Waals surface area (Å²) in [5.74, 6) is 1.28. The van der Waals surface area contributed by atoms with Crippen molar-refractivity contribution < 1.29 is 4.57 Å². The smallest absolute Gasteiger partial charge is 0.235 e. The Bertz CT molecular complexity index is 619. The summed E-state index contributed by atoms with van der Waals surface area (Å²) in [6.07, 6.45) is 2.18. The summed E-state index contributed by atoms with van der Waals surface area (Å²) in [5, 5.41) is 0. The van der Waals surface area contributed by atoms with E-state index >= 15 is 0 Å². The van der Waals surface area contributed by atoms with Crippen LogP contribution in [0.5, 0.6) is 0 Å². The second-order valence-corrected chi connectivity index (χ2v) is 4.59. The van der Waals surface area contributed by atoms with Gasteiger partial charge in [-0.1, -0.05) is 23.5 Å². The lowest BCUT2D eigenvalue weighted by Crippen LogP contribution is -2.28. The SMILES string of the molecule is Cc1n2c(c[n+]1C)sc1ccccc12. The molecule has 3 rings (SSSR count). The van der Waals surface area contributed by atoms with E-state index in [4.69, 9.17) is 0 Å². The van der Waals surface area contributed by atoms with Crippen LogP contribution in [0.4, 0.5) is 0 Å². The largest absolute Gasteiger partial charge is 0.259 e. The van der Waals surface area contributed by atoms with Crippen molar-refractivity contribution in [2.24, 2.45) is 7.05 Å². The summed E-state index contributed by atoms with van der Waals surface area (Å²) >= 11 is 1.84. The third-order valence-electron chi connectivity index (χ3n) is 2.68. The van der Waals surface area contributed by atoms with Crippen molar-refractivity contribution in [3.8, 4) is 0 Å². The molecule has 0 unspecified atom stereocenters. The Morgan fingerprint density at radius 1 is 1.29 bits per heavy atom. The lowest BCUT2D eigenvalue weighted by atomic mass is 10.3. The fraction of sp³-hybridized carbons (Fsp3) is 0.182. The lowest BCUT2D eigenvalue weighted by molar-refractivity contribution is -0.676. The van der Waals surface area contributed by atoms with Crippen LogP contribution in [0, 0.1) is 6.92 Å². The second-order valence-electron chi connectivity index (χ2n) is 3.53. The molecule has 3 aromatic rings. The Kier molecular flexibility index (Phi) is 1.47. The van der Waals surface area contributed by atoms with Crippen LogP contribution in [0.2, 0.25) is 0 Å². The van der Waals surface area contributed by atoms with Crippen molar-refractivity contribution in [1.82, 2.24) is 4.40 Å². The van der Waals surface area contributed by atoms with Gasteiger partial charge in [-0.2, -0.15) is 4.40 Å². The monoisotopic (exact) mass is 203 g/mol. The van der Waals surface area contributed by atoms with E-state index in [1.54, 1.807) is 0 Å². The molecule has 0 radical (unpaired) electrons. The molecule has 0 N–H and O–H groups in total. The molecule has 0 fully saturated rings. The molecule has 0 aliphatic heterocycles. The predicted molar refractivity (Wildman–Crippen MR) is 58.7 cm³/mol. The van der Waals surface area contributed by atoms with E-state index in [1.165, 1.54) is 20.9 Å². The van der Waals surface area contributed by atoms with Crippen molar-refractivity contribution in [1.29, 1.82) is 0 Å². The van der Waals surface area contributed by atoms with Gasteiger partial charge in [0.05, 0.1) is 11.7 Å². The quantitative estimate of drug-likeness (QED) is 0.495. The average Bonchev–Trinajstić information content (AvgIpc) is 2.65. The highest BCUT2D eigenvalue weighted by Gasteiger charge is 2.16. The second kappa shape index (κ2) is 2.58. The van der Waals surface area contributed by atoms with Crippen LogP contribution in [0.1, 0.15) is 5.82 Å². The van der Waals surface area contributed by atoms with Gasteiger partial charge in [0.1, 0.15) is 6.20 Å². The maximum absolute atomic E-state index is 2.31. The highest BCUT2D eigenvalue weighted by Crippen LogP contribution is 2.26. The first-order valence-electron chi connectivity index (χ1n) is 4.62. The molecule has 1 aromatic carbocycles. The Balaban J connectivity index is 2.62. The summed E-state index contributed by atoms with van der Waals surface area (Å²) < 4.78 is 5.82. The van der Waals surface area contributed by atoms with Crippen LogP contribution in [0.15, 0.2) is 30.5 Å². The van der Waals surface area contributed by atoms with E-state index in [9.17, 15) is 0 Å². The first-order valence-corrected chi connectivity index (χ1v) is 5.44. The number of fused-ring (bicyclic) bond motifs is 3. The minimum Gasteiger partial charge on any atom is -0.235 e. The minimum absolute atomic E-state index is 1.28. The van der Waals surface area contributed by atoms with Gasteiger partial charge in [-0.3, -0.25) is 0 Å². The zero-order valence-corrected chi connectivity index (χ0v) is 9.01. The third-order valence-corrected chi connectivity index (χ3v) is 3.74. The number of thiazole rings is 1. The molecule has 2 nitrogen and oxygen atoms in total. The topological polar surface area (TPSA) is 8.29 Å². The number of imidazole rings is 1. The Morgan fingerprint density at radius 2 is 2.07 bits per heavy atom. The van der Waals surface area contributed by atoms with Gasteiger partial charge >= 0.3 is 0 Å². The Labute approximate surface area is 86.0 Å². The highest BCUT2D eigenvalue weighted by atomic mass is 32.1. The van der Waals surface area contributed by atoms with Crippen LogP contribution in [0.3, 0.4) is 0 Å². The number of benzene rings is 1. The van der Waals surface area contributed by atoms with Crippen molar-refractivity contribution in [3.05, 3.63) is 36.3 Å². The van der Waals surface area contributed by atoms with Gasteiger partial charge in [0.15, 0.2) is 5.52 Å². The normalized spacial score (nSPS) is 11.6. The number of rotatable bonds is 0. The molecule has 3 heteroatoms. The van der Waals surface area contributed by atoms with Gasteiger partial charge < -0.3 is 0 Å². The van der Waals surface area contributed by atoms with Gasteiger partial charge in [-0.25, -0.2) is 4.57 Å². The maximum atomic E-state index is 2.31. The fourth-order valence-corrected chi connectivity index (χ4v) is 3.01. The first-order chi connectivity index (χ1) is 6.77. The van der Waals surface area contributed by atoms with Crippen molar-refractivity contribution in [2.45, 2.75) is 6.92 Å². The number of aryl methyl sites for hydroxylation is 2. The summed E-state index contributed by atoms with van der Waals surface area (Å²) in [6, 6.07) is 8.53. The Hall–Kier alpha value is -1.35. The zero-order chi connectivity index (χ0) is 9.71. The van der Waals surface area contributed by atoms with Gasteiger partial charge in [-0.05, 0) is 12.1 Å². The molecule has 0 spiro atoms. The number of aromatic nitrogens is 2. The molecule has 2 heterocycles. The minimum atomic E-state index is 1.28. The standard InChI is InChI=1S/C11H11N2S/c1-8-12(2)7-11-13(8)9-5-3-4-6-10(9)14-11/h3-7H,1-2H3/q+1. The zero-order valence-electron chi connectivity index (χ0n) is 8.19. The van der Waals surface area contributed by atoms with Gasteiger partial charge in [0.25, 0.3) is 5.82 Å². The van der Waals surface area contributed by atoms with Crippen molar-refractivity contribution in [3.63, 3.8) is 0 Å². The molecule has 0 bridgehead atoms. The van der Waals surface area contributed by atoms with Crippen LogP contribution < -0.4 is 4.57 Å². The van der Waals surface area contributed by atoms with E-state index in [-0.39, 0.29) is 0 Å². The van der Waals surface area contributed by atoms with Crippen molar-refractivity contribution in [2.75, 3.05) is 0 Å². The number of nitrogens with zero attached hydrogens (tertiary/aromatic N) is 2. The van der Waals surface area contributed by atoms with Crippen LogP contribution in [-0.4, -0.2) is 4.40 Å². The van der Waals surface area contributed by atoms with E-state index in [1.807, 2.05) is 11.3 Å². The molecule has 0 aliphatic rings. The highest BCUT2D eigenvalue weighted by molar-refractivity contribution is 7.23. The third kappa shape index (κ3) is 0.876. The van der Waals surface area contributed by atoms with Crippen LogP contribution >= 0.6 is 11.3 Å². The first kappa shape index (κ1) is 8.00. The summed E-state index contributed by atoms with van der Waals surface area (Å²) in [4.78, 5) is 1.31.